The number of hydrogen-bond acceptors (Lipinski definition) is 2. The van der Waals surface area contributed by atoms with Crippen LogP contribution in [-0.2, 0) is 6.42 Å². The van der Waals surface area contributed by atoms with Gasteiger partial charge in [0.15, 0.2) is 0 Å². The Bertz CT molecular complexity index is 341. The first kappa shape index (κ1) is 14.0. The van der Waals surface area contributed by atoms with E-state index in [0.29, 0.717) is 13.0 Å². The Morgan fingerprint density at radius 2 is 2.18 bits per heavy atom. The highest BCUT2D eigenvalue weighted by Crippen LogP contribution is 2.22. The van der Waals surface area contributed by atoms with E-state index >= 15 is 0 Å². The van der Waals surface area contributed by atoms with Crippen LogP contribution in [0.3, 0.4) is 0 Å². The van der Waals surface area contributed by atoms with Gasteiger partial charge < -0.3 is 10.5 Å². The fraction of sp³-hybridized carbons (Fsp3) is 0.571. The van der Waals surface area contributed by atoms with Crippen molar-refractivity contribution in [3.63, 3.8) is 0 Å². The molecular weight excluding hydrogens is 217 g/mol. The van der Waals surface area contributed by atoms with E-state index in [-0.39, 0.29) is 12.7 Å². The van der Waals surface area contributed by atoms with Crippen LogP contribution in [0.15, 0.2) is 18.2 Å². The lowest BCUT2D eigenvalue weighted by atomic mass is 10.0. The molecule has 96 valence electrons. The molecule has 2 nitrogen and oxygen atoms in total. The van der Waals surface area contributed by atoms with Gasteiger partial charge in [-0.05, 0) is 31.4 Å². The maximum Gasteiger partial charge on any atom is 0.122 e. The first-order valence-corrected chi connectivity index (χ1v) is 6.21. The van der Waals surface area contributed by atoms with Gasteiger partial charge in [-0.15, -0.1) is 0 Å². The number of aryl methyl sites for hydroxylation is 1. The van der Waals surface area contributed by atoms with E-state index in [4.69, 9.17) is 10.5 Å². The Balaban J connectivity index is 2.72. The smallest absolute Gasteiger partial charge is 0.122 e. The normalized spacial score (nSPS) is 12.5. The molecule has 0 amide bonds. The van der Waals surface area contributed by atoms with Gasteiger partial charge in [0.05, 0.1) is 13.3 Å². The molecule has 0 fully saturated rings. The molecule has 0 radical (unpaired) electrons. The molecule has 0 spiro atoms. The molecule has 0 aromatic heterocycles. The van der Waals surface area contributed by atoms with Crippen molar-refractivity contribution < 1.29 is 9.13 Å². The van der Waals surface area contributed by atoms with Gasteiger partial charge in [-0.1, -0.05) is 24.6 Å². The van der Waals surface area contributed by atoms with Gasteiger partial charge in [-0.25, -0.2) is 0 Å². The Labute approximate surface area is 103 Å². The van der Waals surface area contributed by atoms with E-state index in [1.807, 2.05) is 19.1 Å². The lowest BCUT2D eigenvalue weighted by molar-refractivity contribution is 0.286. The third-order valence-electron chi connectivity index (χ3n) is 2.76. The highest BCUT2D eigenvalue weighted by atomic mass is 19.1. The SMILES string of the molecule is CCC(N)Cc1cc(C)ccc1OCCCF. The average Bonchev–Trinajstić information content (AvgIpc) is 2.32. The molecule has 0 aliphatic carbocycles. The molecule has 2 N–H and O–H groups in total. The van der Waals surface area contributed by atoms with Gasteiger partial charge in [-0.2, -0.15) is 0 Å². The summed E-state index contributed by atoms with van der Waals surface area (Å²) in [7, 11) is 0. The van der Waals surface area contributed by atoms with Crippen LogP contribution in [0, 0.1) is 6.92 Å². The molecular formula is C14H22FNO. The Kier molecular flexibility index (Phi) is 5.98. The molecule has 17 heavy (non-hydrogen) atoms. The monoisotopic (exact) mass is 239 g/mol. The van der Waals surface area contributed by atoms with E-state index in [9.17, 15) is 4.39 Å². The number of hydrogen-bond donors (Lipinski definition) is 1. The predicted octanol–water partition coefficient (Wildman–Crippen LogP) is 3.01. The Morgan fingerprint density at radius 1 is 1.41 bits per heavy atom. The molecule has 0 saturated carbocycles. The summed E-state index contributed by atoms with van der Waals surface area (Å²) in [5.74, 6) is 0.841. The molecule has 1 atom stereocenters. The van der Waals surface area contributed by atoms with Crippen LogP contribution in [0.25, 0.3) is 0 Å². The van der Waals surface area contributed by atoms with Crippen LogP contribution in [0.4, 0.5) is 4.39 Å². The molecule has 1 aromatic rings. The van der Waals surface area contributed by atoms with E-state index in [0.717, 1.165) is 24.2 Å². The minimum atomic E-state index is -0.338. The van der Waals surface area contributed by atoms with Crippen molar-refractivity contribution in [1.82, 2.24) is 0 Å². The van der Waals surface area contributed by atoms with Gasteiger partial charge in [0.25, 0.3) is 0 Å². The second kappa shape index (κ2) is 7.28. The van der Waals surface area contributed by atoms with Crippen molar-refractivity contribution in [2.75, 3.05) is 13.3 Å². The van der Waals surface area contributed by atoms with Crippen molar-refractivity contribution >= 4 is 0 Å². The number of rotatable bonds is 7. The fourth-order valence-electron chi connectivity index (χ4n) is 1.67. The van der Waals surface area contributed by atoms with Crippen LogP contribution >= 0.6 is 0 Å². The number of benzene rings is 1. The van der Waals surface area contributed by atoms with Crippen LogP contribution in [-0.4, -0.2) is 19.3 Å². The first-order chi connectivity index (χ1) is 8.17. The molecule has 1 unspecified atom stereocenters. The highest BCUT2D eigenvalue weighted by molar-refractivity contribution is 5.37. The van der Waals surface area contributed by atoms with Gasteiger partial charge >= 0.3 is 0 Å². The minimum Gasteiger partial charge on any atom is -0.493 e. The molecule has 0 aliphatic rings. The Morgan fingerprint density at radius 3 is 2.82 bits per heavy atom. The van der Waals surface area contributed by atoms with Crippen molar-refractivity contribution in [2.45, 2.75) is 39.2 Å². The lowest BCUT2D eigenvalue weighted by Crippen LogP contribution is -2.21. The molecule has 0 saturated heterocycles. The summed E-state index contributed by atoms with van der Waals surface area (Å²) >= 11 is 0. The molecule has 1 rings (SSSR count). The number of alkyl halides is 1. The average molecular weight is 239 g/mol. The summed E-state index contributed by atoms with van der Waals surface area (Å²) in [5, 5.41) is 0. The zero-order valence-corrected chi connectivity index (χ0v) is 10.7. The zero-order valence-electron chi connectivity index (χ0n) is 10.7. The van der Waals surface area contributed by atoms with Crippen molar-refractivity contribution in [3.8, 4) is 5.75 Å². The number of nitrogens with two attached hydrogens (primary N) is 1. The summed E-state index contributed by atoms with van der Waals surface area (Å²) in [4.78, 5) is 0. The zero-order chi connectivity index (χ0) is 12.7. The quantitative estimate of drug-likeness (QED) is 0.742. The summed E-state index contributed by atoms with van der Waals surface area (Å²) < 4.78 is 17.6. The van der Waals surface area contributed by atoms with Crippen molar-refractivity contribution in [1.29, 1.82) is 0 Å². The maximum atomic E-state index is 12.0. The van der Waals surface area contributed by atoms with Crippen molar-refractivity contribution in [3.05, 3.63) is 29.3 Å². The molecule has 0 heterocycles. The summed E-state index contributed by atoms with van der Waals surface area (Å²) in [6.07, 6.45) is 2.19. The van der Waals surface area contributed by atoms with Crippen LogP contribution in [0.5, 0.6) is 5.75 Å². The van der Waals surface area contributed by atoms with Gasteiger partial charge in [0.2, 0.25) is 0 Å². The lowest BCUT2D eigenvalue weighted by Gasteiger charge is -2.15. The standard InChI is InChI=1S/C14H22FNO/c1-3-13(16)10-12-9-11(2)5-6-14(12)17-8-4-7-15/h5-6,9,13H,3-4,7-8,10,16H2,1-2H3. The van der Waals surface area contributed by atoms with Crippen molar-refractivity contribution in [2.24, 2.45) is 5.73 Å². The third-order valence-corrected chi connectivity index (χ3v) is 2.76. The van der Waals surface area contributed by atoms with Gasteiger partial charge in [0.1, 0.15) is 5.75 Å². The fourth-order valence-corrected chi connectivity index (χ4v) is 1.67. The van der Waals surface area contributed by atoms with E-state index in [1.165, 1.54) is 5.56 Å². The van der Waals surface area contributed by atoms with E-state index < -0.39 is 0 Å². The number of halogens is 1. The van der Waals surface area contributed by atoms with Crippen LogP contribution in [0.1, 0.15) is 30.9 Å². The minimum absolute atomic E-state index is 0.153. The molecule has 3 heteroatoms. The summed E-state index contributed by atoms with van der Waals surface area (Å²) in [5.41, 5.74) is 8.28. The predicted molar refractivity (Wildman–Crippen MR) is 69.2 cm³/mol. The molecule has 0 bridgehead atoms. The summed E-state index contributed by atoms with van der Waals surface area (Å²) in [6, 6.07) is 6.21. The maximum absolute atomic E-state index is 12.0. The number of ether oxygens (including phenoxy) is 1. The second-order valence-corrected chi connectivity index (χ2v) is 4.37. The summed E-state index contributed by atoms with van der Waals surface area (Å²) in [6.45, 7) is 4.21. The van der Waals surface area contributed by atoms with Gasteiger partial charge in [-0.3, -0.25) is 4.39 Å². The first-order valence-electron chi connectivity index (χ1n) is 6.21. The van der Waals surface area contributed by atoms with Crippen LogP contribution < -0.4 is 10.5 Å². The van der Waals surface area contributed by atoms with E-state index in [2.05, 4.69) is 13.0 Å². The molecule has 0 aliphatic heterocycles. The molecule has 1 aromatic carbocycles. The van der Waals surface area contributed by atoms with Crippen LogP contribution in [0.2, 0.25) is 0 Å². The third kappa shape index (κ3) is 4.73. The Hall–Kier alpha value is -1.09. The second-order valence-electron chi connectivity index (χ2n) is 4.37. The van der Waals surface area contributed by atoms with E-state index in [1.54, 1.807) is 0 Å². The highest BCUT2D eigenvalue weighted by Gasteiger charge is 2.08. The van der Waals surface area contributed by atoms with Gasteiger partial charge in [0, 0.05) is 12.5 Å². The largest absolute Gasteiger partial charge is 0.493 e. The topological polar surface area (TPSA) is 35.2 Å².